The Balaban J connectivity index is 3.12. The smallest absolute Gasteiger partial charge is 0.270 e. The molecule has 0 unspecified atom stereocenters. The minimum Gasteiger partial charge on any atom is -0.292 e. The third kappa shape index (κ3) is 3.14. The molecular formula is C10H10BrNO5S. The van der Waals surface area contributed by atoms with Crippen molar-refractivity contribution < 1.29 is 18.1 Å². The summed E-state index contributed by atoms with van der Waals surface area (Å²) < 4.78 is 21.7. The Kier molecular flexibility index (Phi) is 4.58. The van der Waals surface area contributed by atoms with Gasteiger partial charge in [0.05, 0.1) is 4.92 Å². The Hall–Kier alpha value is -1.28. The molecule has 0 heterocycles. The fourth-order valence-electron chi connectivity index (χ4n) is 1.21. The van der Waals surface area contributed by atoms with Crippen molar-refractivity contribution in [1.82, 2.24) is 0 Å². The van der Waals surface area contributed by atoms with Crippen LogP contribution in [-0.2, 0) is 9.84 Å². The number of nitro benzene ring substituents is 1. The topological polar surface area (TPSA) is 94.3 Å². The van der Waals surface area contributed by atoms with E-state index in [-0.39, 0.29) is 17.0 Å². The maximum Gasteiger partial charge on any atom is 0.270 e. The Morgan fingerprint density at radius 3 is 2.61 bits per heavy atom. The van der Waals surface area contributed by atoms with Crippen molar-refractivity contribution in [2.75, 3.05) is 5.75 Å². The van der Waals surface area contributed by atoms with Gasteiger partial charge in [0.2, 0.25) is 0 Å². The number of halogens is 1. The van der Waals surface area contributed by atoms with Crippen LogP contribution in [0.3, 0.4) is 0 Å². The van der Waals surface area contributed by atoms with E-state index in [9.17, 15) is 23.3 Å². The second-order valence-electron chi connectivity index (χ2n) is 3.44. The summed E-state index contributed by atoms with van der Waals surface area (Å²) in [6.07, 6.45) is 0. The molecule has 0 amide bonds. The van der Waals surface area contributed by atoms with E-state index >= 15 is 0 Å². The average Bonchev–Trinajstić information content (AvgIpc) is 2.37. The zero-order chi connectivity index (χ0) is 13.9. The van der Waals surface area contributed by atoms with Crippen molar-refractivity contribution in [2.45, 2.75) is 11.1 Å². The standard InChI is InChI=1S/C10H10BrNO5S/c1-2-18(16,17)10(11)9(13)7-4-3-5-8(6-7)12(14)15/h3-6,10H,2H2,1H3/t10-/m1/s1. The number of hydrogen-bond donors (Lipinski definition) is 0. The number of Topliss-reactive ketones (excluding diaryl/α,β-unsaturated/α-hetero) is 1. The highest BCUT2D eigenvalue weighted by molar-refractivity contribution is 9.11. The summed E-state index contributed by atoms with van der Waals surface area (Å²) in [6.45, 7) is 1.42. The van der Waals surface area contributed by atoms with Gasteiger partial charge in [-0.15, -0.1) is 0 Å². The Morgan fingerprint density at radius 2 is 2.11 bits per heavy atom. The molecule has 98 valence electrons. The van der Waals surface area contributed by atoms with Gasteiger partial charge in [-0.3, -0.25) is 14.9 Å². The number of carbonyl (C=O) groups is 1. The predicted octanol–water partition coefficient (Wildman–Crippen LogP) is 1.93. The van der Waals surface area contributed by atoms with Crippen molar-refractivity contribution in [3.63, 3.8) is 0 Å². The summed E-state index contributed by atoms with van der Waals surface area (Å²) in [4.78, 5) is 21.8. The Morgan fingerprint density at radius 1 is 1.50 bits per heavy atom. The van der Waals surface area contributed by atoms with Gasteiger partial charge < -0.3 is 0 Å². The number of non-ortho nitro benzene ring substituents is 1. The van der Waals surface area contributed by atoms with Crippen LogP contribution in [0.1, 0.15) is 17.3 Å². The first-order valence-electron chi connectivity index (χ1n) is 4.94. The first-order chi connectivity index (χ1) is 8.29. The zero-order valence-corrected chi connectivity index (χ0v) is 11.8. The molecule has 0 bridgehead atoms. The first-order valence-corrected chi connectivity index (χ1v) is 7.57. The molecule has 0 aromatic heterocycles. The number of nitro groups is 1. The van der Waals surface area contributed by atoms with E-state index in [4.69, 9.17) is 0 Å². The molecule has 0 spiro atoms. The van der Waals surface area contributed by atoms with Crippen molar-refractivity contribution in [3.05, 3.63) is 39.9 Å². The summed E-state index contributed by atoms with van der Waals surface area (Å²) in [6, 6.07) is 4.97. The van der Waals surface area contributed by atoms with E-state index in [0.29, 0.717) is 0 Å². The van der Waals surface area contributed by atoms with Gasteiger partial charge in [-0.05, 0) is 0 Å². The highest BCUT2D eigenvalue weighted by atomic mass is 79.9. The van der Waals surface area contributed by atoms with Gasteiger partial charge in [-0.1, -0.05) is 35.0 Å². The minimum atomic E-state index is -3.58. The molecule has 8 heteroatoms. The molecule has 0 saturated heterocycles. The number of benzene rings is 1. The molecule has 18 heavy (non-hydrogen) atoms. The van der Waals surface area contributed by atoms with E-state index in [1.165, 1.54) is 25.1 Å². The van der Waals surface area contributed by atoms with Gasteiger partial charge in [-0.2, -0.15) is 0 Å². The fraction of sp³-hybridized carbons (Fsp3) is 0.300. The molecule has 0 radical (unpaired) electrons. The SMILES string of the molecule is CCS(=O)(=O)[C@@H](Br)C(=O)c1cccc([N+](=O)[O-])c1. The number of ketones is 1. The van der Waals surface area contributed by atoms with Gasteiger partial charge in [-0.25, -0.2) is 8.42 Å². The molecule has 0 aliphatic rings. The van der Waals surface area contributed by atoms with E-state index in [2.05, 4.69) is 15.9 Å². The molecule has 0 N–H and O–H groups in total. The van der Waals surface area contributed by atoms with Gasteiger partial charge in [0.15, 0.2) is 19.8 Å². The highest BCUT2D eigenvalue weighted by Gasteiger charge is 2.29. The molecular weight excluding hydrogens is 326 g/mol. The maximum absolute atomic E-state index is 11.9. The minimum absolute atomic E-state index is 0.0110. The number of alkyl halides is 1. The lowest BCUT2D eigenvalue weighted by molar-refractivity contribution is -0.384. The van der Waals surface area contributed by atoms with Gasteiger partial charge in [0, 0.05) is 23.4 Å². The lowest BCUT2D eigenvalue weighted by Gasteiger charge is -2.08. The van der Waals surface area contributed by atoms with Crippen LogP contribution in [0.15, 0.2) is 24.3 Å². The number of carbonyl (C=O) groups excluding carboxylic acids is 1. The van der Waals surface area contributed by atoms with E-state index in [1.54, 1.807) is 0 Å². The third-order valence-corrected chi connectivity index (χ3v) is 6.04. The second kappa shape index (κ2) is 5.57. The maximum atomic E-state index is 11.9. The average molecular weight is 336 g/mol. The summed E-state index contributed by atoms with van der Waals surface area (Å²) in [7, 11) is -3.58. The summed E-state index contributed by atoms with van der Waals surface area (Å²) in [5.74, 6) is -0.899. The first kappa shape index (κ1) is 14.8. The van der Waals surface area contributed by atoms with Gasteiger partial charge >= 0.3 is 0 Å². The predicted molar refractivity (Wildman–Crippen MR) is 69.6 cm³/mol. The molecule has 1 aromatic rings. The lowest BCUT2D eigenvalue weighted by Crippen LogP contribution is -2.26. The van der Waals surface area contributed by atoms with E-state index in [0.717, 1.165) is 6.07 Å². The molecule has 0 aliphatic carbocycles. The van der Waals surface area contributed by atoms with E-state index in [1.807, 2.05) is 0 Å². The van der Waals surface area contributed by atoms with Crippen molar-refractivity contribution in [1.29, 1.82) is 0 Å². The van der Waals surface area contributed by atoms with Crippen LogP contribution in [0, 0.1) is 10.1 Å². The molecule has 6 nitrogen and oxygen atoms in total. The Bertz CT molecular complexity index is 584. The van der Waals surface area contributed by atoms with Crippen LogP contribution in [0.2, 0.25) is 0 Å². The second-order valence-corrected chi connectivity index (χ2v) is 7.34. The van der Waals surface area contributed by atoms with Crippen molar-refractivity contribution in [3.8, 4) is 0 Å². The molecule has 0 fully saturated rings. The van der Waals surface area contributed by atoms with Gasteiger partial charge in [0.1, 0.15) is 0 Å². The van der Waals surface area contributed by atoms with Crippen molar-refractivity contribution in [2.24, 2.45) is 0 Å². The normalized spacial score (nSPS) is 13.0. The number of rotatable bonds is 5. The third-order valence-electron chi connectivity index (χ3n) is 2.27. The molecule has 1 atom stereocenters. The lowest BCUT2D eigenvalue weighted by atomic mass is 10.1. The van der Waals surface area contributed by atoms with Crippen LogP contribution in [-0.4, -0.2) is 29.0 Å². The van der Waals surface area contributed by atoms with Crippen LogP contribution < -0.4 is 0 Å². The van der Waals surface area contributed by atoms with Crippen LogP contribution in [0.25, 0.3) is 0 Å². The quantitative estimate of drug-likeness (QED) is 0.354. The summed E-state index contributed by atoms with van der Waals surface area (Å²) in [5.41, 5.74) is -0.266. The molecule has 1 aromatic carbocycles. The van der Waals surface area contributed by atoms with Crippen molar-refractivity contribution >= 4 is 37.2 Å². The molecule has 0 saturated carbocycles. The zero-order valence-electron chi connectivity index (χ0n) is 9.37. The van der Waals surface area contributed by atoms with E-state index < -0.39 is 24.7 Å². The fourth-order valence-corrected chi connectivity index (χ4v) is 3.03. The van der Waals surface area contributed by atoms with Crippen LogP contribution in [0.4, 0.5) is 5.69 Å². The number of nitrogens with zero attached hydrogens (tertiary/aromatic N) is 1. The molecule has 1 rings (SSSR count). The van der Waals surface area contributed by atoms with Crippen LogP contribution in [0.5, 0.6) is 0 Å². The van der Waals surface area contributed by atoms with Gasteiger partial charge in [0.25, 0.3) is 5.69 Å². The Labute approximate surface area is 112 Å². The molecule has 0 aliphatic heterocycles. The highest BCUT2D eigenvalue weighted by Crippen LogP contribution is 2.20. The number of sulfone groups is 1. The summed E-state index contributed by atoms with van der Waals surface area (Å²) >= 11 is 2.82. The number of hydrogen-bond acceptors (Lipinski definition) is 5. The van der Waals surface area contributed by atoms with Crippen LogP contribution >= 0.6 is 15.9 Å². The largest absolute Gasteiger partial charge is 0.292 e. The monoisotopic (exact) mass is 335 g/mol. The summed E-state index contributed by atoms with van der Waals surface area (Å²) in [5, 5.41) is 10.6.